The molecule has 4 unspecified atom stereocenters. The first kappa shape index (κ1) is 14.9. The van der Waals surface area contributed by atoms with Crippen LogP contribution in [0.2, 0.25) is 0 Å². The van der Waals surface area contributed by atoms with Crippen LogP contribution in [0.25, 0.3) is 0 Å². The smallest absolute Gasteiger partial charge is 0.0929 e. The largest absolute Gasteiger partial charge is 0.385 e. The summed E-state index contributed by atoms with van der Waals surface area (Å²) < 4.78 is 0. The summed E-state index contributed by atoms with van der Waals surface area (Å²) >= 11 is 0. The highest BCUT2D eigenvalue weighted by atomic mass is 16.3. The highest BCUT2D eigenvalue weighted by Crippen LogP contribution is 2.57. The summed E-state index contributed by atoms with van der Waals surface area (Å²) in [6, 6.07) is 20.0. The molecule has 2 aromatic carbocycles. The molecule has 0 saturated heterocycles. The van der Waals surface area contributed by atoms with Gasteiger partial charge in [0.25, 0.3) is 0 Å². The third kappa shape index (κ3) is 2.71. The lowest BCUT2D eigenvalue weighted by Crippen LogP contribution is -2.09. The monoisotopic (exact) mass is 308 g/mol. The van der Waals surface area contributed by atoms with Crippen LogP contribution in [0.4, 0.5) is 0 Å². The van der Waals surface area contributed by atoms with Crippen LogP contribution in [0, 0.1) is 11.8 Å². The van der Waals surface area contributed by atoms with Crippen molar-refractivity contribution in [3.05, 3.63) is 71.8 Å². The maximum absolute atomic E-state index is 10.7. The molecule has 0 radical (unpaired) electrons. The maximum atomic E-state index is 10.7. The van der Waals surface area contributed by atoms with Crippen LogP contribution in [0.3, 0.4) is 0 Å². The molecule has 2 nitrogen and oxygen atoms in total. The molecule has 2 fully saturated rings. The van der Waals surface area contributed by atoms with Crippen molar-refractivity contribution in [1.82, 2.24) is 0 Å². The summed E-state index contributed by atoms with van der Waals surface area (Å²) in [4.78, 5) is 0. The van der Waals surface area contributed by atoms with Crippen LogP contribution in [-0.4, -0.2) is 10.2 Å². The van der Waals surface area contributed by atoms with E-state index in [0.717, 1.165) is 43.2 Å². The Morgan fingerprint density at radius 3 is 1.48 bits per heavy atom. The van der Waals surface area contributed by atoms with Crippen molar-refractivity contribution >= 4 is 0 Å². The standard InChI is InChI=1S/C21H24O2/c22-20(16-8-3-1-4-9-16)14-18(20)12-7-13-19-15-21(19,23)17-10-5-2-6-11-17/h1-6,8-11,18-19,22-23H,7,12-15H2. The Kier molecular flexibility index (Phi) is 3.55. The zero-order valence-corrected chi connectivity index (χ0v) is 13.4. The fourth-order valence-corrected chi connectivity index (χ4v) is 4.09. The molecule has 120 valence electrons. The minimum Gasteiger partial charge on any atom is -0.385 e. The van der Waals surface area contributed by atoms with Crippen molar-refractivity contribution in [3.63, 3.8) is 0 Å². The topological polar surface area (TPSA) is 40.5 Å². The Balaban J connectivity index is 1.27. The molecule has 0 aliphatic heterocycles. The average molecular weight is 308 g/mol. The summed E-state index contributed by atoms with van der Waals surface area (Å²) in [5, 5.41) is 21.3. The highest BCUT2D eigenvalue weighted by molar-refractivity contribution is 5.30. The van der Waals surface area contributed by atoms with Crippen molar-refractivity contribution in [3.8, 4) is 0 Å². The van der Waals surface area contributed by atoms with Crippen LogP contribution in [-0.2, 0) is 11.2 Å². The van der Waals surface area contributed by atoms with Gasteiger partial charge < -0.3 is 10.2 Å². The van der Waals surface area contributed by atoms with Gasteiger partial charge in [0.05, 0.1) is 11.2 Å². The fraction of sp³-hybridized carbons (Fsp3) is 0.429. The first-order valence-electron chi connectivity index (χ1n) is 8.69. The normalized spacial score (nSPS) is 35.0. The lowest BCUT2D eigenvalue weighted by molar-refractivity contribution is 0.123. The summed E-state index contributed by atoms with van der Waals surface area (Å²) in [5.74, 6) is 0.766. The average Bonchev–Trinajstić information content (AvgIpc) is 3.47. The third-order valence-corrected chi connectivity index (χ3v) is 5.80. The van der Waals surface area contributed by atoms with E-state index in [4.69, 9.17) is 0 Å². The van der Waals surface area contributed by atoms with E-state index in [1.807, 2.05) is 60.7 Å². The third-order valence-electron chi connectivity index (χ3n) is 5.80. The number of hydrogen-bond donors (Lipinski definition) is 2. The molecule has 23 heavy (non-hydrogen) atoms. The van der Waals surface area contributed by atoms with Gasteiger partial charge in [-0.3, -0.25) is 0 Å². The molecule has 2 aromatic rings. The Bertz CT molecular complexity index is 609. The van der Waals surface area contributed by atoms with Gasteiger partial charge in [0.15, 0.2) is 0 Å². The molecule has 4 rings (SSSR count). The van der Waals surface area contributed by atoms with Gasteiger partial charge in [-0.1, -0.05) is 67.1 Å². The van der Waals surface area contributed by atoms with Gasteiger partial charge in [-0.05, 0) is 48.6 Å². The van der Waals surface area contributed by atoms with Crippen molar-refractivity contribution < 1.29 is 10.2 Å². The molecule has 2 aliphatic carbocycles. The molecule has 2 aliphatic rings. The Morgan fingerprint density at radius 2 is 1.09 bits per heavy atom. The maximum Gasteiger partial charge on any atom is 0.0929 e. The van der Waals surface area contributed by atoms with Gasteiger partial charge in [-0.25, -0.2) is 0 Å². The number of aliphatic hydroxyl groups is 2. The van der Waals surface area contributed by atoms with Crippen molar-refractivity contribution in [2.45, 2.75) is 43.3 Å². The van der Waals surface area contributed by atoms with Crippen molar-refractivity contribution in [2.75, 3.05) is 0 Å². The van der Waals surface area contributed by atoms with Crippen LogP contribution >= 0.6 is 0 Å². The van der Waals surface area contributed by atoms with E-state index in [9.17, 15) is 10.2 Å². The molecule has 0 bridgehead atoms. The summed E-state index contributed by atoms with van der Waals surface area (Å²) in [6.45, 7) is 0. The van der Waals surface area contributed by atoms with Gasteiger partial charge in [0, 0.05) is 0 Å². The minimum atomic E-state index is -0.597. The highest BCUT2D eigenvalue weighted by Gasteiger charge is 2.55. The van der Waals surface area contributed by atoms with E-state index in [0.29, 0.717) is 11.8 Å². The van der Waals surface area contributed by atoms with Gasteiger partial charge in [0.1, 0.15) is 0 Å². The molecule has 2 saturated carbocycles. The van der Waals surface area contributed by atoms with Crippen molar-refractivity contribution in [1.29, 1.82) is 0 Å². The number of rotatable bonds is 6. The number of hydrogen-bond acceptors (Lipinski definition) is 2. The molecule has 2 N–H and O–H groups in total. The van der Waals surface area contributed by atoms with Crippen LogP contribution in [0.5, 0.6) is 0 Å². The van der Waals surface area contributed by atoms with E-state index in [1.165, 1.54) is 0 Å². The molecule has 0 aromatic heterocycles. The lowest BCUT2D eigenvalue weighted by Gasteiger charge is -2.12. The second-order valence-electron chi connectivity index (χ2n) is 7.31. The van der Waals surface area contributed by atoms with Gasteiger partial charge in [-0.15, -0.1) is 0 Å². The summed E-state index contributed by atoms with van der Waals surface area (Å²) in [6.07, 6.45) is 4.94. The first-order chi connectivity index (χ1) is 11.1. The fourth-order valence-electron chi connectivity index (χ4n) is 4.09. The summed E-state index contributed by atoms with van der Waals surface area (Å²) in [5.41, 5.74) is 0.913. The predicted octanol–water partition coefficient (Wildman–Crippen LogP) is 3.97. The van der Waals surface area contributed by atoms with E-state index in [-0.39, 0.29) is 0 Å². The van der Waals surface area contributed by atoms with E-state index < -0.39 is 11.2 Å². The molecule has 0 amide bonds. The number of benzene rings is 2. The van der Waals surface area contributed by atoms with Crippen molar-refractivity contribution in [2.24, 2.45) is 11.8 Å². The zero-order valence-electron chi connectivity index (χ0n) is 13.4. The Labute approximate surface area is 137 Å². The van der Waals surface area contributed by atoms with Crippen LogP contribution in [0.1, 0.15) is 43.2 Å². The SMILES string of the molecule is OC1(c2ccccc2)CC1CCCC1CC1(O)c1ccccc1. The minimum absolute atomic E-state index is 0.383. The van der Waals surface area contributed by atoms with E-state index in [2.05, 4.69) is 0 Å². The van der Waals surface area contributed by atoms with E-state index in [1.54, 1.807) is 0 Å². The lowest BCUT2D eigenvalue weighted by atomic mass is 10.00. The summed E-state index contributed by atoms with van der Waals surface area (Å²) in [7, 11) is 0. The van der Waals surface area contributed by atoms with Gasteiger partial charge >= 0.3 is 0 Å². The zero-order chi connectivity index (χ0) is 15.9. The quantitative estimate of drug-likeness (QED) is 0.847. The second kappa shape index (κ2) is 5.47. The Hall–Kier alpha value is -1.64. The molecule has 4 atom stereocenters. The Morgan fingerprint density at radius 1 is 0.696 bits per heavy atom. The first-order valence-corrected chi connectivity index (χ1v) is 8.69. The van der Waals surface area contributed by atoms with Gasteiger partial charge in [0.2, 0.25) is 0 Å². The van der Waals surface area contributed by atoms with E-state index >= 15 is 0 Å². The predicted molar refractivity (Wildman–Crippen MR) is 90.7 cm³/mol. The van der Waals surface area contributed by atoms with Gasteiger partial charge in [-0.2, -0.15) is 0 Å². The molecule has 2 heteroatoms. The molecule has 0 heterocycles. The molecular weight excluding hydrogens is 284 g/mol. The van der Waals surface area contributed by atoms with Crippen LogP contribution in [0.15, 0.2) is 60.7 Å². The van der Waals surface area contributed by atoms with Crippen LogP contribution < -0.4 is 0 Å². The molecule has 0 spiro atoms. The molecular formula is C21H24O2. The second-order valence-corrected chi connectivity index (χ2v) is 7.31.